The Balaban J connectivity index is -0.0000000171. The zero-order valence-corrected chi connectivity index (χ0v) is 9.20. The summed E-state index contributed by atoms with van der Waals surface area (Å²) in [6.45, 7) is 11.4. The summed E-state index contributed by atoms with van der Waals surface area (Å²) in [7, 11) is 0. The third-order valence-corrected chi connectivity index (χ3v) is 0.707. The van der Waals surface area contributed by atoms with Gasteiger partial charge in [0.1, 0.15) is 0 Å². The Hall–Kier alpha value is 0.634. The molecule has 0 amide bonds. The summed E-state index contributed by atoms with van der Waals surface area (Å²) in [4.78, 5) is 0. The summed E-state index contributed by atoms with van der Waals surface area (Å²) in [5.74, 6) is 0. The molecule has 11 heavy (non-hydrogen) atoms. The van der Waals surface area contributed by atoms with Gasteiger partial charge in [0.25, 0.3) is 0 Å². The van der Waals surface area contributed by atoms with E-state index in [0.29, 0.717) is 0 Å². The van der Waals surface area contributed by atoms with Gasteiger partial charge in [0.15, 0.2) is 0 Å². The van der Waals surface area contributed by atoms with E-state index in [1.54, 1.807) is 0 Å². The molecule has 0 saturated carbocycles. The number of hydrogen-bond acceptors (Lipinski definition) is 2. The fraction of sp³-hybridized carbons (Fsp3) is 0.750. The van der Waals surface area contributed by atoms with Gasteiger partial charge in [-0.1, -0.05) is 26.7 Å². The Morgan fingerprint density at radius 3 is 0.909 bits per heavy atom. The van der Waals surface area contributed by atoms with E-state index in [1.807, 2.05) is 0 Å². The van der Waals surface area contributed by atoms with Crippen LogP contribution in [-0.2, 0) is 21.7 Å². The van der Waals surface area contributed by atoms with E-state index in [1.165, 1.54) is 12.8 Å². The van der Waals surface area contributed by atoms with Crippen molar-refractivity contribution in [2.75, 3.05) is 0 Å². The number of unbranched alkanes of at least 4 members (excludes halogenated alkanes) is 2. The van der Waals surface area contributed by atoms with Crippen LogP contribution in [0.1, 0.15) is 39.5 Å². The predicted molar refractivity (Wildman–Crippen MR) is 44.4 cm³/mol. The van der Waals surface area contributed by atoms with Gasteiger partial charge in [-0.25, -0.2) is 0 Å². The molecule has 0 aliphatic heterocycles. The van der Waals surface area contributed by atoms with E-state index in [2.05, 4.69) is 27.7 Å². The quantitative estimate of drug-likeness (QED) is 0.503. The van der Waals surface area contributed by atoms with Crippen LogP contribution in [-0.4, -0.2) is 11.0 Å². The standard InChI is InChI=1S/2C4H9.2H2O.Ti/c2*1-3-4-2;;;/h2*1,3-4H2,2H3;2*1H2;/q2*-1;;;+4/p-2. The van der Waals surface area contributed by atoms with Crippen LogP contribution in [0, 0.1) is 13.8 Å². The molecule has 0 saturated heterocycles. The molecule has 0 fully saturated rings. The fourth-order valence-electron chi connectivity index (χ4n) is 0. The molecule has 0 spiro atoms. The minimum Gasteiger partial charge on any atom is -0.870 e. The third-order valence-electron chi connectivity index (χ3n) is 0.707. The van der Waals surface area contributed by atoms with Crippen molar-refractivity contribution in [3.8, 4) is 0 Å². The molecule has 0 atom stereocenters. The first kappa shape index (κ1) is 29.9. The van der Waals surface area contributed by atoms with Crippen LogP contribution in [0.2, 0.25) is 0 Å². The van der Waals surface area contributed by atoms with Gasteiger partial charge in [0, 0.05) is 0 Å². The van der Waals surface area contributed by atoms with Crippen molar-refractivity contribution in [1.29, 1.82) is 0 Å². The van der Waals surface area contributed by atoms with E-state index in [-0.39, 0.29) is 32.7 Å². The zero-order valence-electron chi connectivity index (χ0n) is 7.64. The fourth-order valence-corrected chi connectivity index (χ4v) is 0. The Morgan fingerprint density at radius 2 is 0.909 bits per heavy atom. The topological polar surface area (TPSA) is 60.0 Å². The molecule has 3 heteroatoms. The van der Waals surface area contributed by atoms with Crippen molar-refractivity contribution in [3.05, 3.63) is 13.8 Å². The minimum absolute atomic E-state index is 0. The second-order valence-electron chi connectivity index (χ2n) is 1.71. The van der Waals surface area contributed by atoms with Crippen LogP contribution >= 0.6 is 0 Å². The van der Waals surface area contributed by atoms with Gasteiger partial charge in [-0.15, -0.1) is 0 Å². The first-order valence-corrected chi connectivity index (χ1v) is 3.41. The van der Waals surface area contributed by atoms with E-state index in [9.17, 15) is 0 Å². The summed E-state index contributed by atoms with van der Waals surface area (Å²) >= 11 is 0. The molecule has 0 bridgehead atoms. The summed E-state index contributed by atoms with van der Waals surface area (Å²) in [6, 6.07) is 0. The maximum Gasteiger partial charge on any atom is 4.00 e. The van der Waals surface area contributed by atoms with Crippen LogP contribution in [0.25, 0.3) is 0 Å². The molecule has 0 aliphatic carbocycles. The Morgan fingerprint density at radius 1 is 0.818 bits per heavy atom. The molecule has 0 aromatic rings. The average Bonchev–Trinajstić information content (AvgIpc) is 1.88. The van der Waals surface area contributed by atoms with Crippen LogP contribution < -0.4 is 0 Å². The van der Waals surface area contributed by atoms with E-state index >= 15 is 0 Å². The van der Waals surface area contributed by atoms with Crippen molar-refractivity contribution in [2.45, 2.75) is 39.5 Å². The van der Waals surface area contributed by atoms with Gasteiger partial charge in [-0.3, -0.25) is 0 Å². The maximum absolute atomic E-state index is 3.60. The van der Waals surface area contributed by atoms with Crippen LogP contribution in [0.3, 0.4) is 0 Å². The minimum atomic E-state index is 0. The molecule has 68 valence electrons. The van der Waals surface area contributed by atoms with Crippen molar-refractivity contribution in [1.82, 2.24) is 0 Å². The zero-order chi connectivity index (χ0) is 6.83. The maximum atomic E-state index is 3.60. The SMILES string of the molecule is [CH2-]CCC.[CH2-]CCC.[OH-].[OH-].[Ti+4]. The molecule has 0 aromatic carbocycles. The average molecular weight is 196 g/mol. The predicted octanol–water partition coefficient (Wildman–Crippen LogP) is 2.89. The van der Waals surface area contributed by atoms with Gasteiger partial charge in [0.2, 0.25) is 0 Å². The smallest absolute Gasteiger partial charge is 0.870 e. The molecular formula is C8H20O2Ti. The van der Waals surface area contributed by atoms with Gasteiger partial charge < -0.3 is 24.8 Å². The second-order valence-corrected chi connectivity index (χ2v) is 1.71. The van der Waals surface area contributed by atoms with E-state index < -0.39 is 0 Å². The van der Waals surface area contributed by atoms with Crippen LogP contribution in [0.5, 0.6) is 0 Å². The Labute approximate surface area is 86.3 Å². The Kier molecular flexibility index (Phi) is 125. The third kappa shape index (κ3) is 114. The van der Waals surface area contributed by atoms with Gasteiger partial charge in [0.05, 0.1) is 0 Å². The van der Waals surface area contributed by atoms with Crippen molar-refractivity contribution >= 4 is 0 Å². The van der Waals surface area contributed by atoms with Gasteiger partial charge >= 0.3 is 21.7 Å². The molecule has 2 N–H and O–H groups in total. The number of hydrogen-bond donors (Lipinski definition) is 0. The van der Waals surface area contributed by atoms with Crippen LogP contribution in [0.4, 0.5) is 0 Å². The second kappa shape index (κ2) is 46.0. The molecule has 0 aliphatic rings. The molecular weight excluding hydrogens is 176 g/mol. The molecule has 0 radical (unpaired) electrons. The van der Waals surface area contributed by atoms with Gasteiger partial charge in [-0.2, -0.15) is 12.8 Å². The Bertz CT molecular complexity index is 20.1. The number of rotatable bonds is 2. The summed E-state index contributed by atoms with van der Waals surface area (Å²) in [5, 5.41) is 0. The molecule has 0 aromatic heterocycles. The molecule has 2 nitrogen and oxygen atoms in total. The largest absolute Gasteiger partial charge is 4.00 e. The van der Waals surface area contributed by atoms with E-state index in [0.717, 1.165) is 12.8 Å². The van der Waals surface area contributed by atoms with Gasteiger partial charge in [-0.05, 0) is 0 Å². The molecule has 0 unspecified atom stereocenters. The first-order chi connectivity index (χ1) is 3.83. The van der Waals surface area contributed by atoms with Crippen molar-refractivity contribution < 1.29 is 32.7 Å². The normalized spacial score (nSPS) is 5.45. The van der Waals surface area contributed by atoms with Crippen molar-refractivity contribution in [2.24, 2.45) is 0 Å². The van der Waals surface area contributed by atoms with E-state index in [4.69, 9.17) is 0 Å². The van der Waals surface area contributed by atoms with Crippen molar-refractivity contribution in [3.63, 3.8) is 0 Å². The monoisotopic (exact) mass is 196 g/mol. The molecule has 0 heterocycles. The summed E-state index contributed by atoms with van der Waals surface area (Å²) in [5.41, 5.74) is 0. The summed E-state index contributed by atoms with van der Waals surface area (Å²) < 4.78 is 0. The first-order valence-electron chi connectivity index (χ1n) is 3.41. The summed E-state index contributed by atoms with van der Waals surface area (Å²) in [6.07, 6.45) is 4.56. The molecule has 0 rings (SSSR count). The van der Waals surface area contributed by atoms with Crippen LogP contribution in [0.15, 0.2) is 0 Å².